The number of benzene rings is 1. The van der Waals surface area contributed by atoms with Crippen molar-refractivity contribution >= 4 is 5.91 Å². The van der Waals surface area contributed by atoms with E-state index in [1.54, 1.807) is 0 Å². The Hall–Kier alpha value is -1.35. The zero-order valence-electron chi connectivity index (χ0n) is 12.4. The van der Waals surface area contributed by atoms with Crippen molar-refractivity contribution in [3.8, 4) is 0 Å². The van der Waals surface area contributed by atoms with Gasteiger partial charge >= 0.3 is 0 Å². The van der Waals surface area contributed by atoms with Crippen molar-refractivity contribution in [3.05, 3.63) is 35.4 Å². The van der Waals surface area contributed by atoms with Crippen molar-refractivity contribution in [3.63, 3.8) is 0 Å². The lowest BCUT2D eigenvalue weighted by Gasteiger charge is -2.23. The van der Waals surface area contributed by atoms with Crippen LogP contribution >= 0.6 is 0 Å². The third-order valence-electron chi connectivity index (χ3n) is 3.15. The van der Waals surface area contributed by atoms with Crippen LogP contribution in [0.5, 0.6) is 0 Å². The molecular weight excluding hydrogens is 238 g/mol. The minimum atomic E-state index is -0.0533. The number of hydrogen-bond donors (Lipinski definition) is 2. The topological polar surface area (TPSA) is 49.3 Å². The van der Waals surface area contributed by atoms with Gasteiger partial charge in [0.15, 0.2) is 0 Å². The fraction of sp³-hybridized carbons (Fsp3) is 0.562. The molecule has 0 saturated carbocycles. The molecule has 1 rings (SSSR count). The molecule has 0 aliphatic rings. The smallest absolute Gasteiger partial charge is 0.251 e. The number of nitrogens with one attached hydrogen (secondary N) is 1. The van der Waals surface area contributed by atoms with Gasteiger partial charge in [0.05, 0.1) is 0 Å². The maximum Gasteiger partial charge on any atom is 0.251 e. The minimum absolute atomic E-state index is 0.0315. The molecule has 1 atom stereocenters. The molecule has 0 aliphatic heterocycles. The fourth-order valence-electron chi connectivity index (χ4n) is 2.11. The van der Waals surface area contributed by atoms with Gasteiger partial charge in [0.1, 0.15) is 0 Å². The maximum absolute atomic E-state index is 12.3. The van der Waals surface area contributed by atoms with Gasteiger partial charge in [-0.1, -0.05) is 39.0 Å². The van der Waals surface area contributed by atoms with Crippen molar-refractivity contribution in [1.29, 1.82) is 0 Å². The molecule has 0 aliphatic carbocycles. The van der Waals surface area contributed by atoms with Gasteiger partial charge in [0, 0.05) is 18.2 Å². The highest BCUT2D eigenvalue weighted by molar-refractivity contribution is 5.96. The number of hydrogen-bond acceptors (Lipinski definition) is 2. The number of aliphatic hydroxyl groups is 1. The standard InChI is InChI=1S/C16H25NO2/c1-12(8-7-11-18)17-15(19)13-9-5-6-10-14(13)16(2,3)4/h5-6,9-10,12,18H,7-8,11H2,1-4H3,(H,17,19). The van der Waals surface area contributed by atoms with Crippen LogP contribution < -0.4 is 5.32 Å². The van der Waals surface area contributed by atoms with Gasteiger partial charge in [-0.3, -0.25) is 4.79 Å². The van der Waals surface area contributed by atoms with Crippen LogP contribution in [0.4, 0.5) is 0 Å². The number of carbonyl (C=O) groups is 1. The summed E-state index contributed by atoms with van der Waals surface area (Å²) in [5.41, 5.74) is 1.75. The SMILES string of the molecule is CC(CCCO)NC(=O)c1ccccc1C(C)(C)C. The second kappa shape index (κ2) is 6.71. The summed E-state index contributed by atoms with van der Waals surface area (Å²) in [5, 5.41) is 11.8. The Kier molecular flexibility index (Phi) is 5.55. The third kappa shape index (κ3) is 4.67. The summed E-state index contributed by atoms with van der Waals surface area (Å²) in [6, 6.07) is 7.81. The van der Waals surface area contributed by atoms with Crippen LogP contribution in [-0.2, 0) is 5.41 Å². The minimum Gasteiger partial charge on any atom is -0.396 e. The van der Waals surface area contributed by atoms with Crippen molar-refractivity contribution in [2.45, 2.75) is 52.0 Å². The summed E-state index contributed by atoms with van der Waals surface area (Å²) < 4.78 is 0. The van der Waals surface area contributed by atoms with Crippen LogP contribution in [0, 0.1) is 0 Å². The van der Waals surface area contributed by atoms with Crippen LogP contribution in [0.15, 0.2) is 24.3 Å². The predicted molar refractivity (Wildman–Crippen MR) is 78.4 cm³/mol. The van der Waals surface area contributed by atoms with Crippen molar-refractivity contribution < 1.29 is 9.90 Å². The zero-order valence-corrected chi connectivity index (χ0v) is 12.4. The van der Waals surface area contributed by atoms with E-state index in [0.717, 1.165) is 17.5 Å². The Labute approximate surface area is 116 Å². The first kappa shape index (κ1) is 15.7. The van der Waals surface area contributed by atoms with E-state index in [1.807, 2.05) is 31.2 Å². The fourth-order valence-corrected chi connectivity index (χ4v) is 2.11. The zero-order chi connectivity index (χ0) is 14.5. The van der Waals surface area contributed by atoms with Crippen molar-refractivity contribution in [2.75, 3.05) is 6.61 Å². The van der Waals surface area contributed by atoms with Crippen LogP contribution in [0.2, 0.25) is 0 Å². The predicted octanol–water partition coefficient (Wildman–Crippen LogP) is 2.87. The molecule has 0 spiro atoms. The summed E-state index contributed by atoms with van der Waals surface area (Å²) >= 11 is 0. The number of amides is 1. The Morgan fingerprint density at radius 3 is 2.53 bits per heavy atom. The Bertz CT molecular complexity index is 421. The van der Waals surface area contributed by atoms with E-state index >= 15 is 0 Å². The van der Waals surface area contributed by atoms with Gasteiger partial charge < -0.3 is 10.4 Å². The highest BCUT2D eigenvalue weighted by Crippen LogP contribution is 2.25. The van der Waals surface area contributed by atoms with Gasteiger partial charge in [-0.2, -0.15) is 0 Å². The molecule has 0 bridgehead atoms. The Balaban J connectivity index is 2.83. The third-order valence-corrected chi connectivity index (χ3v) is 3.15. The highest BCUT2D eigenvalue weighted by atomic mass is 16.2. The molecule has 3 nitrogen and oxygen atoms in total. The summed E-state index contributed by atoms with van der Waals surface area (Å²) in [6.45, 7) is 8.45. The van der Waals surface area contributed by atoms with E-state index in [0.29, 0.717) is 6.42 Å². The molecule has 0 radical (unpaired) electrons. The molecule has 1 aromatic rings. The highest BCUT2D eigenvalue weighted by Gasteiger charge is 2.21. The first-order valence-corrected chi connectivity index (χ1v) is 6.87. The maximum atomic E-state index is 12.3. The second-order valence-corrected chi connectivity index (χ2v) is 6.04. The first-order chi connectivity index (χ1) is 8.86. The second-order valence-electron chi connectivity index (χ2n) is 6.04. The summed E-state index contributed by atoms with van der Waals surface area (Å²) in [7, 11) is 0. The molecule has 1 aromatic carbocycles. The molecule has 1 amide bonds. The van der Waals surface area contributed by atoms with Gasteiger partial charge in [0.2, 0.25) is 0 Å². The van der Waals surface area contributed by atoms with Crippen LogP contribution in [-0.4, -0.2) is 23.7 Å². The Morgan fingerprint density at radius 1 is 1.32 bits per heavy atom. The number of carbonyl (C=O) groups excluding carboxylic acids is 1. The number of aliphatic hydroxyl groups excluding tert-OH is 1. The van der Waals surface area contributed by atoms with E-state index in [9.17, 15) is 4.79 Å². The molecule has 0 fully saturated rings. The van der Waals surface area contributed by atoms with Gasteiger partial charge in [0.25, 0.3) is 5.91 Å². The lowest BCUT2D eigenvalue weighted by molar-refractivity contribution is 0.0934. The molecule has 0 saturated heterocycles. The average molecular weight is 263 g/mol. The Morgan fingerprint density at radius 2 is 1.95 bits per heavy atom. The normalized spacial score (nSPS) is 13.1. The molecule has 106 valence electrons. The number of rotatable bonds is 5. The van der Waals surface area contributed by atoms with Gasteiger partial charge in [-0.25, -0.2) is 0 Å². The largest absolute Gasteiger partial charge is 0.396 e. The molecule has 19 heavy (non-hydrogen) atoms. The average Bonchev–Trinajstić information content (AvgIpc) is 2.35. The first-order valence-electron chi connectivity index (χ1n) is 6.87. The van der Waals surface area contributed by atoms with Crippen molar-refractivity contribution in [2.24, 2.45) is 0 Å². The van der Waals surface area contributed by atoms with E-state index < -0.39 is 0 Å². The lowest BCUT2D eigenvalue weighted by atomic mass is 9.83. The monoisotopic (exact) mass is 263 g/mol. The van der Waals surface area contributed by atoms with E-state index in [2.05, 4.69) is 26.1 Å². The van der Waals surface area contributed by atoms with E-state index in [4.69, 9.17) is 5.11 Å². The summed E-state index contributed by atoms with van der Waals surface area (Å²) in [4.78, 5) is 12.3. The molecule has 2 N–H and O–H groups in total. The summed E-state index contributed by atoms with van der Waals surface area (Å²) in [5.74, 6) is -0.0315. The lowest BCUT2D eigenvalue weighted by Crippen LogP contribution is -2.34. The van der Waals surface area contributed by atoms with E-state index in [-0.39, 0.29) is 24.0 Å². The van der Waals surface area contributed by atoms with Gasteiger partial charge in [-0.15, -0.1) is 0 Å². The molecule has 1 unspecified atom stereocenters. The molecular formula is C16H25NO2. The summed E-state index contributed by atoms with van der Waals surface area (Å²) in [6.07, 6.45) is 1.50. The van der Waals surface area contributed by atoms with Gasteiger partial charge in [-0.05, 0) is 36.8 Å². The van der Waals surface area contributed by atoms with E-state index in [1.165, 1.54) is 0 Å². The molecule has 3 heteroatoms. The van der Waals surface area contributed by atoms with Crippen LogP contribution in [0.25, 0.3) is 0 Å². The van der Waals surface area contributed by atoms with Crippen LogP contribution in [0.3, 0.4) is 0 Å². The molecule has 0 heterocycles. The molecule has 0 aromatic heterocycles. The van der Waals surface area contributed by atoms with Crippen molar-refractivity contribution in [1.82, 2.24) is 5.32 Å². The van der Waals surface area contributed by atoms with Crippen LogP contribution in [0.1, 0.15) is 56.5 Å². The quantitative estimate of drug-likeness (QED) is 0.858.